The molecule has 1 amide bonds. The van der Waals surface area contributed by atoms with E-state index >= 15 is 0 Å². The first-order chi connectivity index (χ1) is 22.4. The Kier molecular flexibility index (Phi) is 8.55. The molecule has 0 radical (unpaired) electrons. The molecule has 47 heavy (non-hydrogen) atoms. The van der Waals surface area contributed by atoms with Gasteiger partial charge in [-0.05, 0) is 83.6 Å². The van der Waals surface area contributed by atoms with Crippen LogP contribution in [-0.2, 0) is 22.0 Å². The summed E-state index contributed by atoms with van der Waals surface area (Å²) < 4.78 is 35.3. The van der Waals surface area contributed by atoms with Crippen molar-refractivity contribution in [3.63, 3.8) is 0 Å². The quantitative estimate of drug-likeness (QED) is 0.183. The number of nitrogens with zero attached hydrogens (tertiary/aromatic N) is 2. The molecule has 0 fully saturated rings. The van der Waals surface area contributed by atoms with Gasteiger partial charge in [-0.25, -0.2) is 8.42 Å². The molecule has 0 aliphatic carbocycles. The van der Waals surface area contributed by atoms with Gasteiger partial charge >= 0.3 is 0 Å². The molecular formula is C39H39N3O4S. The van der Waals surface area contributed by atoms with Gasteiger partial charge in [0.25, 0.3) is 15.9 Å². The molecule has 5 aromatic rings. The number of nitrogens with one attached hydrogen (secondary N) is 1. The minimum absolute atomic E-state index is 0.00694. The van der Waals surface area contributed by atoms with Crippen molar-refractivity contribution in [2.24, 2.45) is 0 Å². The molecule has 0 saturated carbocycles. The number of ether oxygens (including phenoxy) is 1. The Morgan fingerprint density at radius 1 is 0.809 bits per heavy atom. The minimum atomic E-state index is -3.99. The summed E-state index contributed by atoms with van der Waals surface area (Å²) in [6, 6.07) is 37.8. The second-order valence-corrected chi connectivity index (χ2v) is 14.6. The standard InChI is InChI=1S/C39H39N3O4S/c1-27-11-17-31(18-12-27)40-47(44,45)34-23-24-36-35(25-34)38(43)42(32-19-21-33(46-5)22-20-32)37(41(36)26-28-9-7-6-8-10-28)29-13-15-30(16-14-29)39(2,3)4/h6-25,37,40H,26H2,1-5H3/t37-/m1/s1. The highest BCUT2D eigenvalue weighted by atomic mass is 32.2. The summed E-state index contributed by atoms with van der Waals surface area (Å²) in [6.07, 6.45) is -0.522. The van der Waals surface area contributed by atoms with Gasteiger partial charge in [0.15, 0.2) is 0 Å². The van der Waals surface area contributed by atoms with Crippen molar-refractivity contribution < 1.29 is 17.9 Å². The lowest BCUT2D eigenvalue weighted by molar-refractivity contribution is 0.0968. The summed E-state index contributed by atoms with van der Waals surface area (Å²) in [6.45, 7) is 8.94. The molecule has 0 unspecified atom stereocenters. The number of carbonyl (C=O) groups excluding carboxylic acids is 1. The topological polar surface area (TPSA) is 78.9 Å². The summed E-state index contributed by atoms with van der Waals surface area (Å²) in [7, 11) is -2.39. The zero-order chi connectivity index (χ0) is 33.3. The Labute approximate surface area is 277 Å². The van der Waals surface area contributed by atoms with E-state index in [4.69, 9.17) is 4.74 Å². The predicted molar refractivity (Wildman–Crippen MR) is 189 cm³/mol. The molecule has 0 spiro atoms. The van der Waals surface area contributed by atoms with Crippen molar-refractivity contribution in [3.8, 4) is 5.75 Å². The number of carbonyl (C=O) groups is 1. The largest absolute Gasteiger partial charge is 0.497 e. The van der Waals surface area contributed by atoms with Crippen LogP contribution in [0.4, 0.5) is 17.1 Å². The molecule has 240 valence electrons. The van der Waals surface area contributed by atoms with Crippen LogP contribution in [0.2, 0.25) is 0 Å². The molecule has 1 heterocycles. The Hall–Kier alpha value is -5.08. The second kappa shape index (κ2) is 12.6. The summed E-state index contributed by atoms with van der Waals surface area (Å²) in [4.78, 5) is 18.6. The average molecular weight is 646 g/mol. The number of hydrogen-bond donors (Lipinski definition) is 1. The molecule has 5 aromatic carbocycles. The number of fused-ring (bicyclic) bond motifs is 1. The Bertz CT molecular complexity index is 1990. The SMILES string of the molecule is COc1ccc(N2C(=O)c3cc(S(=O)(=O)Nc4ccc(C)cc4)ccc3N(Cc3ccccc3)[C@H]2c2ccc(C(C)(C)C)cc2)cc1. The summed E-state index contributed by atoms with van der Waals surface area (Å²) >= 11 is 0. The monoisotopic (exact) mass is 645 g/mol. The lowest BCUT2D eigenvalue weighted by Crippen LogP contribution is -2.49. The maximum Gasteiger partial charge on any atom is 0.262 e. The van der Waals surface area contributed by atoms with Gasteiger partial charge in [-0.15, -0.1) is 0 Å². The third-order valence-electron chi connectivity index (χ3n) is 8.50. The predicted octanol–water partition coefficient (Wildman–Crippen LogP) is 8.47. The number of anilines is 3. The Morgan fingerprint density at radius 2 is 1.47 bits per heavy atom. The molecule has 6 rings (SSSR count). The van der Waals surface area contributed by atoms with Gasteiger partial charge in [0, 0.05) is 17.9 Å². The lowest BCUT2D eigenvalue weighted by atomic mass is 9.86. The fourth-order valence-electron chi connectivity index (χ4n) is 5.89. The first-order valence-electron chi connectivity index (χ1n) is 15.6. The fourth-order valence-corrected chi connectivity index (χ4v) is 6.97. The highest BCUT2D eigenvalue weighted by Gasteiger charge is 2.40. The average Bonchev–Trinajstić information content (AvgIpc) is 3.07. The van der Waals surface area contributed by atoms with Gasteiger partial charge < -0.3 is 9.64 Å². The molecule has 0 aromatic heterocycles. The summed E-state index contributed by atoms with van der Waals surface area (Å²) in [5.74, 6) is 0.369. The van der Waals surface area contributed by atoms with Gasteiger partial charge in [0.1, 0.15) is 11.9 Å². The van der Waals surface area contributed by atoms with Crippen LogP contribution in [0.1, 0.15) is 59.5 Å². The molecule has 0 bridgehead atoms. The number of sulfonamides is 1. The minimum Gasteiger partial charge on any atom is -0.497 e. The number of methoxy groups -OCH3 is 1. The molecule has 1 atom stereocenters. The van der Waals surface area contributed by atoms with Crippen LogP contribution in [0.5, 0.6) is 5.75 Å². The molecule has 1 aliphatic rings. The van der Waals surface area contributed by atoms with E-state index in [0.29, 0.717) is 34.9 Å². The van der Waals surface area contributed by atoms with Crippen molar-refractivity contribution in [1.82, 2.24) is 0 Å². The van der Waals surface area contributed by atoms with Gasteiger partial charge in [-0.1, -0.05) is 93.1 Å². The zero-order valence-corrected chi connectivity index (χ0v) is 28.1. The van der Waals surface area contributed by atoms with Crippen molar-refractivity contribution in [1.29, 1.82) is 0 Å². The third kappa shape index (κ3) is 6.60. The molecule has 1 N–H and O–H groups in total. The van der Waals surface area contributed by atoms with Crippen LogP contribution in [0.25, 0.3) is 0 Å². The fraction of sp³-hybridized carbons (Fsp3) is 0.205. The van der Waals surface area contributed by atoms with E-state index in [9.17, 15) is 13.2 Å². The highest BCUT2D eigenvalue weighted by molar-refractivity contribution is 7.92. The van der Waals surface area contributed by atoms with Gasteiger partial charge in [0.05, 0.1) is 23.3 Å². The normalized spacial score (nSPS) is 14.9. The van der Waals surface area contributed by atoms with Gasteiger partial charge in [-0.3, -0.25) is 14.4 Å². The number of aryl methyl sites for hydroxylation is 1. The summed E-state index contributed by atoms with van der Waals surface area (Å²) in [5.41, 5.74) is 6.21. The number of hydrogen-bond acceptors (Lipinski definition) is 5. The third-order valence-corrected chi connectivity index (χ3v) is 9.88. The van der Waals surface area contributed by atoms with Gasteiger partial charge in [-0.2, -0.15) is 0 Å². The van der Waals surface area contributed by atoms with E-state index in [2.05, 4.69) is 66.8 Å². The van der Waals surface area contributed by atoms with Crippen LogP contribution in [0, 0.1) is 6.92 Å². The Morgan fingerprint density at radius 3 is 2.09 bits per heavy atom. The van der Waals surface area contributed by atoms with Crippen LogP contribution in [-0.4, -0.2) is 21.4 Å². The van der Waals surface area contributed by atoms with Crippen molar-refractivity contribution in [3.05, 3.63) is 149 Å². The van der Waals surface area contributed by atoms with Crippen molar-refractivity contribution >= 4 is 33.0 Å². The molecule has 8 heteroatoms. The van der Waals surface area contributed by atoms with Crippen LogP contribution in [0.15, 0.2) is 126 Å². The van der Waals surface area contributed by atoms with Crippen LogP contribution < -0.4 is 19.3 Å². The van der Waals surface area contributed by atoms with E-state index in [1.165, 1.54) is 11.6 Å². The maximum atomic E-state index is 14.7. The zero-order valence-electron chi connectivity index (χ0n) is 27.3. The van der Waals surface area contributed by atoms with Crippen LogP contribution >= 0.6 is 0 Å². The summed E-state index contributed by atoms with van der Waals surface area (Å²) in [5, 5.41) is 0. The van der Waals surface area contributed by atoms with Gasteiger partial charge in [0.2, 0.25) is 0 Å². The van der Waals surface area contributed by atoms with E-state index in [1.807, 2.05) is 61.5 Å². The van der Waals surface area contributed by atoms with Crippen molar-refractivity contribution in [2.45, 2.75) is 50.7 Å². The number of rotatable bonds is 8. The van der Waals surface area contributed by atoms with Crippen molar-refractivity contribution in [2.75, 3.05) is 21.6 Å². The second-order valence-electron chi connectivity index (χ2n) is 12.9. The molecule has 1 aliphatic heterocycles. The van der Waals surface area contributed by atoms with E-state index in [0.717, 1.165) is 16.7 Å². The van der Waals surface area contributed by atoms with E-state index in [1.54, 1.807) is 36.3 Å². The van der Waals surface area contributed by atoms with E-state index < -0.39 is 16.2 Å². The number of benzene rings is 5. The molecule has 7 nitrogen and oxygen atoms in total. The van der Waals surface area contributed by atoms with Crippen LogP contribution in [0.3, 0.4) is 0 Å². The highest BCUT2D eigenvalue weighted by Crippen LogP contribution is 2.44. The smallest absolute Gasteiger partial charge is 0.262 e. The molecule has 0 saturated heterocycles. The maximum absolute atomic E-state index is 14.7. The first kappa shape index (κ1) is 31.9. The Balaban J connectivity index is 1.52. The number of amides is 1. The van der Waals surface area contributed by atoms with E-state index in [-0.39, 0.29) is 16.2 Å². The molecular weight excluding hydrogens is 607 g/mol. The first-order valence-corrected chi connectivity index (χ1v) is 17.0. The lowest BCUT2D eigenvalue weighted by Gasteiger charge is -2.46.